The highest BCUT2D eigenvalue weighted by atomic mass is 35.5. The fourth-order valence-electron chi connectivity index (χ4n) is 4.19. The van der Waals surface area contributed by atoms with E-state index >= 15 is 0 Å². The Bertz CT molecular complexity index is 940. The Morgan fingerprint density at radius 2 is 1.45 bits per heavy atom. The van der Waals surface area contributed by atoms with Crippen LogP contribution in [0.2, 0.25) is 0 Å². The number of hydrogen-bond donors (Lipinski definition) is 1. The maximum atomic E-state index is 13.0. The van der Waals surface area contributed by atoms with E-state index in [4.69, 9.17) is 0 Å². The van der Waals surface area contributed by atoms with Crippen molar-refractivity contribution in [1.29, 1.82) is 0 Å². The summed E-state index contributed by atoms with van der Waals surface area (Å²) in [5.41, 5.74) is 1.01. The third-order valence-electron chi connectivity index (χ3n) is 5.45. The van der Waals surface area contributed by atoms with Gasteiger partial charge in [-0.25, -0.2) is 0 Å². The highest BCUT2D eigenvalue weighted by Crippen LogP contribution is 2.38. The summed E-state index contributed by atoms with van der Waals surface area (Å²) < 4.78 is 39.1. The fourth-order valence-corrected chi connectivity index (χ4v) is 4.19. The molecule has 1 heterocycles. The molecule has 29 heavy (non-hydrogen) atoms. The zero-order chi connectivity index (χ0) is 18.9. The van der Waals surface area contributed by atoms with Crippen molar-refractivity contribution >= 4 is 46.4 Å². The van der Waals surface area contributed by atoms with Gasteiger partial charge in [-0.2, -0.15) is 13.2 Å². The molecule has 0 radical (unpaired) electrons. The van der Waals surface area contributed by atoms with Crippen LogP contribution in [-0.2, 0) is 0 Å². The minimum Gasteiger partial charge on any atom is -0.314 e. The third-order valence-corrected chi connectivity index (χ3v) is 5.45. The molecule has 1 saturated heterocycles. The molecule has 4 rings (SSSR count). The first-order valence-corrected chi connectivity index (χ1v) is 9.45. The van der Waals surface area contributed by atoms with E-state index in [1.54, 1.807) is 0 Å². The maximum absolute atomic E-state index is 13.0. The molecule has 0 bridgehead atoms. The molecular formula is C22H25Cl2F3N2. The lowest BCUT2D eigenvalue weighted by atomic mass is 9.90. The monoisotopic (exact) mass is 444 g/mol. The average Bonchev–Trinajstić information content (AvgIpc) is 2.68. The van der Waals surface area contributed by atoms with Crippen LogP contribution in [-0.4, -0.2) is 37.3 Å². The number of alkyl halides is 3. The zero-order valence-corrected chi connectivity index (χ0v) is 17.5. The summed E-state index contributed by atoms with van der Waals surface area (Å²) in [6, 6.07) is 18.1. The van der Waals surface area contributed by atoms with Crippen LogP contribution in [0.5, 0.6) is 0 Å². The number of halogens is 5. The second-order valence-corrected chi connectivity index (χ2v) is 7.19. The first kappa shape index (κ1) is 23.7. The second kappa shape index (κ2) is 9.98. The number of nitrogens with zero attached hydrogens (tertiary/aromatic N) is 1. The Kier molecular flexibility index (Phi) is 8.18. The molecular weight excluding hydrogens is 420 g/mol. The Morgan fingerprint density at radius 3 is 2.10 bits per heavy atom. The fraction of sp³-hybridized carbons (Fsp3) is 0.364. The number of rotatable bonds is 4. The van der Waals surface area contributed by atoms with Gasteiger partial charge in [0.15, 0.2) is 0 Å². The molecule has 1 atom stereocenters. The highest BCUT2D eigenvalue weighted by Gasteiger charge is 2.32. The van der Waals surface area contributed by atoms with Gasteiger partial charge in [-0.15, -0.1) is 24.8 Å². The van der Waals surface area contributed by atoms with E-state index in [9.17, 15) is 13.2 Å². The topological polar surface area (TPSA) is 15.3 Å². The SMILES string of the molecule is Cl.Cl.FC(F)(F)CC[C@@H](c1cc2ccccc2c2ccccc12)N1CCNCC1. The van der Waals surface area contributed by atoms with Gasteiger partial charge in [-0.3, -0.25) is 4.90 Å². The number of fused-ring (bicyclic) bond motifs is 3. The summed E-state index contributed by atoms with van der Waals surface area (Å²) >= 11 is 0. The predicted molar refractivity (Wildman–Crippen MR) is 118 cm³/mol. The molecule has 1 aliphatic rings. The van der Waals surface area contributed by atoms with Gasteiger partial charge in [-0.05, 0) is 39.6 Å². The van der Waals surface area contributed by atoms with E-state index in [0.29, 0.717) is 0 Å². The van der Waals surface area contributed by atoms with Crippen LogP contribution in [0.25, 0.3) is 21.5 Å². The summed E-state index contributed by atoms with van der Waals surface area (Å²) in [6.07, 6.45) is -4.81. The minimum absolute atomic E-state index is 0. The van der Waals surface area contributed by atoms with Crippen molar-refractivity contribution in [3.63, 3.8) is 0 Å². The first-order valence-electron chi connectivity index (χ1n) is 9.45. The molecule has 0 spiro atoms. The van der Waals surface area contributed by atoms with Gasteiger partial charge in [0.25, 0.3) is 0 Å². The summed E-state index contributed by atoms with van der Waals surface area (Å²) in [7, 11) is 0. The highest BCUT2D eigenvalue weighted by molar-refractivity contribution is 6.09. The second-order valence-electron chi connectivity index (χ2n) is 7.19. The summed E-state index contributed by atoms with van der Waals surface area (Å²) in [6.45, 7) is 3.16. The normalized spacial score (nSPS) is 16.2. The van der Waals surface area contributed by atoms with E-state index in [-0.39, 0.29) is 37.3 Å². The van der Waals surface area contributed by atoms with E-state index in [1.165, 1.54) is 0 Å². The van der Waals surface area contributed by atoms with E-state index in [0.717, 1.165) is 53.3 Å². The number of nitrogens with one attached hydrogen (secondary N) is 1. The van der Waals surface area contributed by atoms with Crippen molar-refractivity contribution in [1.82, 2.24) is 10.2 Å². The van der Waals surface area contributed by atoms with Crippen LogP contribution in [0.3, 0.4) is 0 Å². The van der Waals surface area contributed by atoms with Gasteiger partial charge in [0.2, 0.25) is 0 Å². The Labute approximate surface area is 181 Å². The summed E-state index contributed by atoms with van der Waals surface area (Å²) in [4.78, 5) is 2.21. The van der Waals surface area contributed by atoms with Crippen molar-refractivity contribution in [3.8, 4) is 0 Å². The van der Waals surface area contributed by atoms with Gasteiger partial charge in [0.1, 0.15) is 0 Å². The molecule has 0 saturated carbocycles. The predicted octanol–water partition coefficient (Wildman–Crippen LogP) is 6.13. The van der Waals surface area contributed by atoms with Crippen LogP contribution in [0.4, 0.5) is 13.2 Å². The Morgan fingerprint density at radius 1 is 0.862 bits per heavy atom. The van der Waals surface area contributed by atoms with Gasteiger partial charge in [-0.1, -0.05) is 48.5 Å². The van der Waals surface area contributed by atoms with E-state index in [1.807, 2.05) is 36.4 Å². The average molecular weight is 445 g/mol. The Hall–Kier alpha value is -1.53. The molecule has 0 unspecified atom stereocenters. The van der Waals surface area contributed by atoms with Gasteiger partial charge >= 0.3 is 6.18 Å². The molecule has 1 fully saturated rings. The van der Waals surface area contributed by atoms with Crippen molar-refractivity contribution < 1.29 is 13.2 Å². The van der Waals surface area contributed by atoms with Crippen LogP contribution < -0.4 is 5.32 Å². The van der Waals surface area contributed by atoms with Crippen LogP contribution in [0.15, 0.2) is 54.6 Å². The molecule has 0 aromatic heterocycles. The molecule has 0 amide bonds. The van der Waals surface area contributed by atoms with Crippen molar-refractivity contribution in [2.45, 2.75) is 25.1 Å². The third kappa shape index (κ3) is 5.34. The standard InChI is InChI=1S/C22H23F3N2.2ClH/c23-22(24,25)10-9-21(27-13-11-26-12-14-27)20-15-16-5-1-2-6-17(16)18-7-3-4-8-19(18)20;;/h1-8,15,21,26H,9-14H2;2*1H/t21-;;/m0../s1. The van der Waals surface area contributed by atoms with Crippen molar-refractivity contribution in [2.24, 2.45) is 0 Å². The largest absolute Gasteiger partial charge is 0.389 e. The first-order chi connectivity index (χ1) is 13.0. The van der Waals surface area contributed by atoms with Gasteiger partial charge in [0.05, 0.1) is 0 Å². The van der Waals surface area contributed by atoms with Crippen molar-refractivity contribution in [3.05, 3.63) is 60.2 Å². The quantitative estimate of drug-likeness (QED) is 0.487. The molecule has 7 heteroatoms. The van der Waals surface area contributed by atoms with Crippen LogP contribution in [0, 0.1) is 0 Å². The van der Waals surface area contributed by atoms with Gasteiger partial charge < -0.3 is 5.32 Å². The van der Waals surface area contributed by atoms with E-state index < -0.39 is 12.6 Å². The molecule has 2 nitrogen and oxygen atoms in total. The molecule has 1 aliphatic heterocycles. The number of piperazine rings is 1. The summed E-state index contributed by atoms with van der Waals surface area (Å²) in [5, 5.41) is 7.69. The number of hydrogen-bond acceptors (Lipinski definition) is 2. The lowest BCUT2D eigenvalue weighted by Gasteiger charge is -2.36. The summed E-state index contributed by atoms with van der Waals surface area (Å²) in [5.74, 6) is 0. The van der Waals surface area contributed by atoms with Crippen LogP contribution in [0.1, 0.15) is 24.4 Å². The lowest BCUT2D eigenvalue weighted by Crippen LogP contribution is -2.45. The molecule has 158 valence electrons. The molecule has 0 aliphatic carbocycles. The molecule has 1 N–H and O–H groups in total. The zero-order valence-electron chi connectivity index (χ0n) is 15.9. The smallest absolute Gasteiger partial charge is 0.314 e. The minimum atomic E-state index is -4.14. The van der Waals surface area contributed by atoms with E-state index in [2.05, 4.69) is 28.4 Å². The molecule has 3 aromatic carbocycles. The maximum Gasteiger partial charge on any atom is 0.389 e. The van der Waals surface area contributed by atoms with Crippen molar-refractivity contribution in [2.75, 3.05) is 26.2 Å². The Balaban J connectivity index is 0.00000150. The lowest BCUT2D eigenvalue weighted by molar-refractivity contribution is -0.138. The van der Waals surface area contributed by atoms with Crippen LogP contribution >= 0.6 is 24.8 Å². The molecule has 3 aromatic rings. The number of benzene rings is 3. The van der Waals surface area contributed by atoms with Gasteiger partial charge in [0, 0.05) is 38.6 Å².